The van der Waals surface area contributed by atoms with Crippen molar-refractivity contribution in [3.05, 3.63) is 18.2 Å². The fraction of sp³-hybridized carbons (Fsp3) is 0.333. The molecular weight excluding hydrogens is 330 g/mol. The van der Waals surface area contributed by atoms with Gasteiger partial charge in [-0.2, -0.15) is 0 Å². The largest absolute Gasteiger partial charge is 0.497 e. The number of nitrogens with one attached hydrogen (secondary N) is 1. The van der Waals surface area contributed by atoms with E-state index in [2.05, 4.69) is 9.71 Å². The van der Waals surface area contributed by atoms with Crippen molar-refractivity contribution in [2.45, 2.75) is 18.6 Å². The Bertz CT molecular complexity index is 770. The lowest BCUT2D eigenvalue weighted by Crippen LogP contribution is -2.37. The number of thiazole rings is 1. The third kappa shape index (κ3) is 3.42. The molecule has 21 heavy (non-hydrogen) atoms. The van der Waals surface area contributed by atoms with E-state index in [-0.39, 0.29) is 10.1 Å². The van der Waals surface area contributed by atoms with Crippen molar-refractivity contribution in [3.8, 4) is 5.75 Å². The van der Waals surface area contributed by atoms with Crippen LogP contribution in [0.4, 0.5) is 5.13 Å². The minimum Gasteiger partial charge on any atom is -0.497 e. The van der Waals surface area contributed by atoms with E-state index in [4.69, 9.17) is 22.7 Å². The summed E-state index contributed by atoms with van der Waals surface area (Å²) >= 11 is 6.03. The van der Waals surface area contributed by atoms with Gasteiger partial charge in [0.2, 0.25) is 10.0 Å². The molecule has 9 heteroatoms. The van der Waals surface area contributed by atoms with E-state index in [9.17, 15) is 8.42 Å². The minimum atomic E-state index is -3.69. The first kappa shape index (κ1) is 15.9. The summed E-state index contributed by atoms with van der Waals surface area (Å²) in [5, 5.41) is -0.623. The van der Waals surface area contributed by atoms with Crippen molar-refractivity contribution < 1.29 is 13.2 Å². The molecule has 1 atom stereocenters. The molecule has 1 heterocycles. The van der Waals surface area contributed by atoms with Crippen LogP contribution in [0.5, 0.6) is 5.75 Å². The van der Waals surface area contributed by atoms with Crippen LogP contribution in [0, 0.1) is 0 Å². The first-order valence-corrected chi connectivity index (χ1v) is 8.90. The van der Waals surface area contributed by atoms with Crippen LogP contribution in [0.1, 0.15) is 13.3 Å². The number of aromatic nitrogens is 1. The maximum atomic E-state index is 12.2. The number of methoxy groups -OCH3 is 1. The summed E-state index contributed by atoms with van der Waals surface area (Å²) < 4.78 is 32.9. The van der Waals surface area contributed by atoms with Gasteiger partial charge in [-0.25, -0.2) is 13.4 Å². The first-order valence-electron chi connectivity index (χ1n) is 6.13. The smallest absolute Gasteiger partial charge is 0.243 e. The number of ether oxygens (including phenoxy) is 1. The summed E-state index contributed by atoms with van der Waals surface area (Å²) in [4.78, 5) is 4.19. The fourth-order valence-electron chi connectivity index (χ4n) is 1.84. The molecule has 0 radical (unpaired) electrons. The zero-order chi connectivity index (χ0) is 15.6. The van der Waals surface area contributed by atoms with Gasteiger partial charge in [0.05, 0.1) is 22.3 Å². The quantitative estimate of drug-likeness (QED) is 0.779. The highest BCUT2D eigenvalue weighted by Crippen LogP contribution is 2.30. The van der Waals surface area contributed by atoms with Crippen molar-refractivity contribution in [1.29, 1.82) is 0 Å². The maximum Gasteiger partial charge on any atom is 0.243 e. The second-order valence-corrected chi connectivity index (χ2v) is 7.66. The Morgan fingerprint density at radius 2 is 2.29 bits per heavy atom. The van der Waals surface area contributed by atoms with E-state index >= 15 is 0 Å². The molecule has 6 nitrogen and oxygen atoms in total. The Morgan fingerprint density at radius 1 is 1.57 bits per heavy atom. The zero-order valence-electron chi connectivity index (χ0n) is 11.5. The van der Waals surface area contributed by atoms with Crippen LogP contribution in [0.2, 0.25) is 0 Å². The van der Waals surface area contributed by atoms with E-state index in [1.165, 1.54) is 11.3 Å². The van der Waals surface area contributed by atoms with Gasteiger partial charge in [-0.15, -0.1) is 0 Å². The lowest BCUT2D eigenvalue weighted by atomic mass is 10.3. The number of anilines is 1. The number of benzene rings is 1. The molecule has 1 aromatic carbocycles. The molecule has 0 aliphatic rings. The second-order valence-electron chi connectivity index (χ2n) is 4.30. The van der Waals surface area contributed by atoms with Crippen molar-refractivity contribution in [2.75, 3.05) is 11.8 Å². The number of sulfonamides is 1. The van der Waals surface area contributed by atoms with Gasteiger partial charge in [0.25, 0.3) is 0 Å². The van der Waals surface area contributed by atoms with Gasteiger partial charge in [-0.05, 0) is 24.6 Å². The lowest BCUT2D eigenvalue weighted by molar-refractivity contribution is 0.415. The second kappa shape index (κ2) is 6.12. The topological polar surface area (TPSA) is 94.3 Å². The molecule has 0 aliphatic carbocycles. The monoisotopic (exact) mass is 345 g/mol. The SMILES string of the molecule is CCC(C(N)=S)S(=O)(=O)Nc1nc2ccc(OC)cc2s1. The van der Waals surface area contributed by atoms with E-state index in [1.54, 1.807) is 32.2 Å². The van der Waals surface area contributed by atoms with Crippen LogP contribution >= 0.6 is 23.6 Å². The molecule has 0 spiro atoms. The Hall–Kier alpha value is -1.45. The van der Waals surface area contributed by atoms with Gasteiger partial charge < -0.3 is 10.5 Å². The number of hydrogen-bond acceptors (Lipinski definition) is 6. The zero-order valence-corrected chi connectivity index (χ0v) is 13.9. The fourth-order valence-corrected chi connectivity index (χ4v) is 4.83. The highest BCUT2D eigenvalue weighted by molar-refractivity contribution is 7.95. The molecule has 1 aromatic heterocycles. The van der Waals surface area contributed by atoms with Gasteiger partial charge in [0.1, 0.15) is 11.0 Å². The van der Waals surface area contributed by atoms with Crippen molar-refractivity contribution in [3.63, 3.8) is 0 Å². The lowest BCUT2D eigenvalue weighted by Gasteiger charge is -2.14. The molecule has 0 saturated heterocycles. The van der Waals surface area contributed by atoms with Gasteiger partial charge in [-0.3, -0.25) is 4.72 Å². The van der Waals surface area contributed by atoms with Gasteiger partial charge in [0, 0.05) is 0 Å². The highest BCUT2D eigenvalue weighted by Gasteiger charge is 2.27. The molecule has 3 N–H and O–H groups in total. The third-order valence-electron chi connectivity index (χ3n) is 2.89. The average molecular weight is 345 g/mol. The molecule has 0 fully saturated rings. The highest BCUT2D eigenvalue weighted by atomic mass is 32.2. The number of thiocarbonyl (C=S) groups is 1. The van der Waals surface area contributed by atoms with Crippen LogP contribution in [0.25, 0.3) is 10.2 Å². The number of nitrogens with two attached hydrogens (primary N) is 1. The predicted octanol–water partition coefficient (Wildman–Crippen LogP) is 2.11. The molecule has 2 rings (SSSR count). The normalized spacial score (nSPS) is 13.0. The van der Waals surface area contributed by atoms with Crippen LogP contribution in [-0.4, -0.2) is 30.8 Å². The maximum absolute atomic E-state index is 12.2. The minimum absolute atomic E-state index is 0.0484. The van der Waals surface area contributed by atoms with Crippen LogP contribution < -0.4 is 15.2 Å². The van der Waals surface area contributed by atoms with Gasteiger partial charge >= 0.3 is 0 Å². The standard InChI is InChI=1S/C12H15N3O3S3/c1-3-10(11(13)19)21(16,17)15-12-14-8-5-4-7(18-2)6-9(8)20-12/h4-6,10H,3H2,1-2H3,(H2,13,19)(H,14,15). The predicted molar refractivity (Wildman–Crippen MR) is 89.6 cm³/mol. The molecule has 0 saturated carbocycles. The molecule has 0 amide bonds. The van der Waals surface area contributed by atoms with E-state index in [0.29, 0.717) is 17.7 Å². The number of rotatable bonds is 6. The van der Waals surface area contributed by atoms with Crippen molar-refractivity contribution >= 4 is 53.9 Å². The number of hydrogen-bond donors (Lipinski definition) is 2. The van der Waals surface area contributed by atoms with Crippen molar-refractivity contribution in [2.24, 2.45) is 5.73 Å². The number of fused-ring (bicyclic) bond motifs is 1. The van der Waals surface area contributed by atoms with E-state index in [1.807, 2.05) is 0 Å². The van der Waals surface area contributed by atoms with E-state index < -0.39 is 15.3 Å². The molecule has 114 valence electrons. The molecule has 2 aromatic rings. The summed E-state index contributed by atoms with van der Waals surface area (Å²) in [7, 11) is -2.12. The molecule has 1 unspecified atom stereocenters. The summed E-state index contributed by atoms with van der Waals surface area (Å²) in [6, 6.07) is 5.34. The third-order valence-corrected chi connectivity index (χ3v) is 6.20. The summed E-state index contributed by atoms with van der Waals surface area (Å²) in [5.74, 6) is 0.690. The van der Waals surface area contributed by atoms with Gasteiger partial charge in [-0.1, -0.05) is 30.5 Å². The first-order chi connectivity index (χ1) is 9.87. The summed E-state index contributed by atoms with van der Waals surface area (Å²) in [6.45, 7) is 1.71. The van der Waals surface area contributed by atoms with Crippen molar-refractivity contribution in [1.82, 2.24) is 4.98 Å². The molecule has 0 aliphatic heterocycles. The Kier molecular flexibility index (Phi) is 4.64. The Morgan fingerprint density at radius 3 is 2.86 bits per heavy atom. The van der Waals surface area contributed by atoms with Crippen LogP contribution in [0.3, 0.4) is 0 Å². The summed E-state index contributed by atoms with van der Waals surface area (Å²) in [5.41, 5.74) is 6.17. The van der Waals surface area contributed by atoms with Crippen LogP contribution in [0.15, 0.2) is 18.2 Å². The summed E-state index contributed by atoms with van der Waals surface area (Å²) in [6.07, 6.45) is 0.309. The molecular formula is C12H15N3O3S3. The van der Waals surface area contributed by atoms with Crippen LogP contribution in [-0.2, 0) is 10.0 Å². The van der Waals surface area contributed by atoms with Gasteiger partial charge in [0.15, 0.2) is 5.13 Å². The Balaban J connectivity index is 2.33. The Labute approximate surface area is 132 Å². The van der Waals surface area contributed by atoms with E-state index in [0.717, 1.165) is 4.70 Å². The molecule has 0 bridgehead atoms. The number of nitrogens with zero attached hydrogens (tertiary/aromatic N) is 1. The average Bonchev–Trinajstić information content (AvgIpc) is 2.78.